The summed E-state index contributed by atoms with van der Waals surface area (Å²) >= 11 is 3.19. The number of aryl methyl sites for hydroxylation is 1. The first kappa shape index (κ1) is 16.7. The summed E-state index contributed by atoms with van der Waals surface area (Å²) in [5.74, 6) is 0.457. The van der Waals surface area contributed by atoms with E-state index in [1.54, 1.807) is 10.9 Å². The number of amides is 1. The predicted octanol–water partition coefficient (Wildman–Crippen LogP) is 0.735. The highest BCUT2D eigenvalue weighted by molar-refractivity contribution is 9.10. The predicted molar refractivity (Wildman–Crippen MR) is 94.7 cm³/mol. The van der Waals surface area contributed by atoms with Crippen LogP contribution in [0.25, 0.3) is 0 Å². The smallest absolute Gasteiger partial charge is 0.278 e. The summed E-state index contributed by atoms with van der Waals surface area (Å²) in [5.41, 5.74) is 12.5. The van der Waals surface area contributed by atoms with Crippen molar-refractivity contribution in [2.75, 3.05) is 29.0 Å². The molecule has 0 radical (unpaired) electrons. The molecule has 3 rings (SSSR count). The molecule has 1 saturated heterocycles. The number of hydrogen-bond donors (Lipinski definition) is 3. The normalized spacial score (nSPS) is 17.8. The molecule has 1 aliphatic rings. The third-order valence-corrected chi connectivity index (χ3v) is 4.28. The van der Waals surface area contributed by atoms with E-state index in [1.165, 1.54) is 6.20 Å². The van der Waals surface area contributed by atoms with Crippen molar-refractivity contribution in [2.24, 2.45) is 12.8 Å². The molecular formula is C14H19BrN8O. The number of nitrogens with one attached hydrogen (secondary N) is 1. The van der Waals surface area contributed by atoms with Gasteiger partial charge >= 0.3 is 0 Å². The van der Waals surface area contributed by atoms with Crippen LogP contribution in [0.2, 0.25) is 0 Å². The van der Waals surface area contributed by atoms with E-state index in [0.29, 0.717) is 10.3 Å². The van der Waals surface area contributed by atoms with Crippen LogP contribution in [0.5, 0.6) is 0 Å². The van der Waals surface area contributed by atoms with E-state index in [0.717, 1.165) is 31.7 Å². The fourth-order valence-corrected chi connectivity index (χ4v) is 3.10. The molecule has 10 heteroatoms. The van der Waals surface area contributed by atoms with Gasteiger partial charge in [0.2, 0.25) is 0 Å². The fraction of sp³-hybridized carbons (Fsp3) is 0.429. The standard InChI is InChI=1S/C14H19BrN8O/c1-22-14(23-4-2-3-8(16)7-23)9(5-19-22)20-13(24)11-12(17)18-6-10(15)21-11/h5-6,8H,2-4,7,16H2,1H3,(H2,17,18)(H,20,24). The Morgan fingerprint density at radius 3 is 3.00 bits per heavy atom. The first-order valence-corrected chi connectivity index (χ1v) is 8.37. The number of nitrogens with zero attached hydrogens (tertiary/aromatic N) is 5. The lowest BCUT2D eigenvalue weighted by atomic mass is 10.1. The maximum absolute atomic E-state index is 12.5. The summed E-state index contributed by atoms with van der Waals surface area (Å²) in [6.45, 7) is 1.59. The average Bonchev–Trinajstić information content (AvgIpc) is 2.90. The third-order valence-electron chi connectivity index (χ3n) is 3.90. The average molecular weight is 395 g/mol. The molecule has 128 valence electrons. The van der Waals surface area contributed by atoms with Crippen molar-refractivity contribution in [1.82, 2.24) is 19.7 Å². The molecule has 5 N–H and O–H groups in total. The molecule has 0 saturated carbocycles. The molecular weight excluding hydrogens is 376 g/mol. The largest absolute Gasteiger partial charge is 0.382 e. The number of carbonyl (C=O) groups excluding carboxylic acids is 1. The number of nitrogens with two attached hydrogens (primary N) is 2. The van der Waals surface area contributed by atoms with Crippen LogP contribution in [0.4, 0.5) is 17.3 Å². The summed E-state index contributed by atoms with van der Waals surface area (Å²) in [4.78, 5) is 22.6. The first-order chi connectivity index (χ1) is 11.5. The monoisotopic (exact) mass is 394 g/mol. The van der Waals surface area contributed by atoms with Crippen molar-refractivity contribution < 1.29 is 4.79 Å². The number of carbonyl (C=O) groups is 1. The first-order valence-electron chi connectivity index (χ1n) is 7.57. The maximum atomic E-state index is 12.5. The lowest BCUT2D eigenvalue weighted by molar-refractivity contribution is 0.102. The van der Waals surface area contributed by atoms with Crippen molar-refractivity contribution in [2.45, 2.75) is 18.9 Å². The summed E-state index contributed by atoms with van der Waals surface area (Å²) in [6.07, 6.45) is 5.05. The van der Waals surface area contributed by atoms with Crippen LogP contribution in [0.1, 0.15) is 23.3 Å². The molecule has 2 aromatic rings. The number of aromatic nitrogens is 4. The molecule has 0 aromatic carbocycles. The van der Waals surface area contributed by atoms with Gasteiger partial charge < -0.3 is 21.7 Å². The van der Waals surface area contributed by atoms with E-state index in [1.807, 2.05) is 7.05 Å². The molecule has 3 heterocycles. The number of nitrogen functional groups attached to an aromatic ring is 1. The Hall–Kier alpha value is -2.20. The summed E-state index contributed by atoms with van der Waals surface area (Å²) in [6, 6.07) is 0.115. The SMILES string of the molecule is Cn1ncc(NC(=O)c2nc(Br)cnc2N)c1N1CCCC(N)C1. The summed E-state index contributed by atoms with van der Waals surface area (Å²) in [7, 11) is 1.83. The Morgan fingerprint density at radius 2 is 2.25 bits per heavy atom. The highest BCUT2D eigenvalue weighted by Crippen LogP contribution is 2.28. The second-order valence-electron chi connectivity index (χ2n) is 5.73. The summed E-state index contributed by atoms with van der Waals surface area (Å²) in [5, 5.41) is 7.07. The van der Waals surface area contributed by atoms with E-state index >= 15 is 0 Å². The van der Waals surface area contributed by atoms with Gasteiger partial charge in [0.1, 0.15) is 10.3 Å². The molecule has 0 aliphatic carbocycles. The Balaban J connectivity index is 1.85. The molecule has 0 spiro atoms. The van der Waals surface area contributed by atoms with Crippen LogP contribution in [0, 0.1) is 0 Å². The van der Waals surface area contributed by atoms with Gasteiger partial charge in [-0.25, -0.2) is 9.97 Å². The van der Waals surface area contributed by atoms with Gasteiger partial charge in [-0.15, -0.1) is 0 Å². The highest BCUT2D eigenvalue weighted by Gasteiger charge is 2.24. The lowest BCUT2D eigenvalue weighted by Crippen LogP contribution is -2.43. The highest BCUT2D eigenvalue weighted by atomic mass is 79.9. The number of anilines is 3. The minimum atomic E-state index is -0.433. The van der Waals surface area contributed by atoms with E-state index < -0.39 is 5.91 Å². The number of rotatable bonds is 3. The molecule has 9 nitrogen and oxygen atoms in total. The van der Waals surface area contributed by atoms with Gasteiger partial charge in [0.25, 0.3) is 5.91 Å². The van der Waals surface area contributed by atoms with Gasteiger partial charge in [0, 0.05) is 26.2 Å². The molecule has 1 atom stereocenters. The van der Waals surface area contributed by atoms with Crippen molar-refractivity contribution >= 4 is 39.2 Å². The van der Waals surface area contributed by atoms with Gasteiger partial charge in [-0.2, -0.15) is 5.10 Å². The van der Waals surface area contributed by atoms with Crippen LogP contribution in [0.15, 0.2) is 17.0 Å². The molecule has 2 aromatic heterocycles. The Bertz CT molecular complexity index is 761. The second-order valence-corrected chi connectivity index (χ2v) is 6.55. The molecule has 1 aliphatic heterocycles. The van der Waals surface area contributed by atoms with Crippen molar-refractivity contribution in [3.05, 3.63) is 22.7 Å². The van der Waals surface area contributed by atoms with Crippen LogP contribution in [0.3, 0.4) is 0 Å². The fourth-order valence-electron chi connectivity index (χ4n) is 2.82. The zero-order chi connectivity index (χ0) is 17.3. The van der Waals surface area contributed by atoms with E-state index in [2.05, 4.69) is 41.2 Å². The molecule has 1 unspecified atom stereocenters. The quantitative estimate of drug-likeness (QED) is 0.699. The minimum absolute atomic E-state index is 0.0644. The van der Waals surface area contributed by atoms with Crippen LogP contribution in [-0.4, -0.2) is 44.8 Å². The second kappa shape index (κ2) is 6.73. The lowest BCUT2D eigenvalue weighted by Gasteiger charge is -2.32. The van der Waals surface area contributed by atoms with Gasteiger partial charge in [0.05, 0.1) is 12.4 Å². The number of halogens is 1. The maximum Gasteiger partial charge on any atom is 0.278 e. The molecule has 1 fully saturated rings. The van der Waals surface area contributed by atoms with Gasteiger partial charge in [-0.05, 0) is 28.8 Å². The minimum Gasteiger partial charge on any atom is -0.382 e. The number of piperidine rings is 1. The Morgan fingerprint density at radius 1 is 1.46 bits per heavy atom. The Kier molecular flexibility index (Phi) is 4.67. The van der Waals surface area contributed by atoms with Crippen molar-refractivity contribution in [3.63, 3.8) is 0 Å². The van der Waals surface area contributed by atoms with E-state index in [4.69, 9.17) is 11.5 Å². The van der Waals surface area contributed by atoms with Gasteiger partial charge in [0.15, 0.2) is 17.3 Å². The summed E-state index contributed by atoms with van der Waals surface area (Å²) < 4.78 is 2.17. The van der Waals surface area contributed by atoms with Crippen molar-refractivity contribution in [3.8, 4) is 0 Å². The topological polar surface area (TPSA) is 128 Å². The molecule has 24 heavy (non-hydrogen) atoms. The zero-order valence-corrected chi connectivity index (χ0v) is 14.8. The van der Waals surface area contributed by atoms with Crippen LogP contribution in [-0.2, 0) is 7.05 Å². The molecule has 0 bridgehead atoms. The van der Waals surface area contributed by atoms with Crippen molar-refractivity contribution in [1.29, 1.82) is 0 Å². The molecule has 1 amide bonds. The third kappa shape index (κ3) is 3.34. The van der Waals surface area contributed by atoms with E-state index in [-0.39, 0.29) is 17.6 Å². The van der Waals surface area contributed by atoms with Crippen LogP contribution < -0.4 is 21.7 Å². The number of hydrogen-bond acceptors (Lipinski definition) is 7. The van der Waals surface area contributed by atoms with Gasteiger partial charge in [-0.3, -0.25) is 9.48 Å². The van der Waals surface area contributed by atoms with Crippen LogP contribution >= 0.6 is 15.9 Å². The zero-order valence-electron chi connectivity index (χ0n) is 13.2. The van der Waals surface area contributed by atoms with E-state index in [9.17, 15) is 4.79 Å². The van der Waals surface area contributed by atoms with Gasteiger partial charge in [-0.1, -0.05) is 0 Å². The Labute approximate surface area is 147 Å².